The summed E-state index contributed by atoms with van der Waals surface area (Å²) in [6.45, 7) is 0. The molecule has 4 rings (SSSR count). The molecule has 0 spiro atoms. The van der Waals surface area contributed by atoms with Gasteiger partial charge in [-0.25, -0.2) is 8.78 Å². The highest BCUT2D eigenvalue weighted by Gasteiger charge is 2.24. The van der Waals surface area contributed by atoms with Gasteiger partial charge in [0.1, 0.15) is 11.6 Å². The molecule has 2 aromatic carbocycles. The number of benzene rings is 2. The van der Waals surface area contributed by atoms with E-state index in [0.717, 1.165) is 42.7 Å². The van der Waals surface area contributed by atoms with Crippen LogP contribution in [0.5, 0.6) is 0 Å². The van der Waals surface area contributed by atoms with E-state index in [-0.39, 0.29) is 5.69 Å². The average molecular weight is 359 g/mol. The van der Waals surface area contributed by atoms with Crippen LogP contribution in [-0.4, -0.2) is 10.9 Å². The van der Waals surface area contributed by atoms with E-state index in [1.807, 2.05) is 0 Å². The van der Waals surface area contributed by atoms with Crippen LogP contribution in [0, 0.1) is 11.6 Å². The summed E-state index contributed by atoms with van der Waals surface area (Å²) in [4.78, 5) is 17.5. The molecule has 1 aliphatic carbocycles. The molecule has 1 heterocycles. The van der Waals surface area contributed by atoms with E-state index >= 15 is 0 Å². The summed E-state index contributed by atoms with van der Waals surface area (Å²) in [6, 6.07) is 8.23. The fraction of sp³-hybridized carbons (Fsp3) is 0.158. The van der Waals surface area contributed by atoms with E-state index in [0.29, 0.717) is 21.5 Å². The monoisotopic (exact) mass is 358 g/mol. The van der Waals surface area contributed by atoms with Crippen LogP contribution in [0.3, 0.4) is 0 Å². The zero-order chi connectivity index (χ0) is 17.6. The molecule has 3 nitrogen and oxygen atoms in total. The molecule has 3 aromatic rings. The van der Waals surface area contributed by atoms with Gasteiger partial charge in [-0.05, 0) is 55.2 Å². The highest BCUT2D eigenvalue weighted by Crippen LogP contribution is 2.32. The van der Waals surface area contributed by atoms with Gasteiger partial charge in [-0.3, -0.25) is 9.78 Å². The second kappa shape index (κ2) is 6.08. The van der Waals surface area contributed by atoms with E-state index in [4.69, 9.17) is 11.6 Å². The summed E-state index contributed by atoms with van der Waals surface area (Å²) in [6.07, 6.45) is 2.45. The van der Waals surface area contributed by atoms with Crippen LogP contribution in [0.2, 0.25) is 5.02 Å². The third-order valence-corrected chi connectivity index (χ3v) is 4.62. The molecular formula is C19H13ClF2N2O. The average Bonchev–Trinajstić information content (AvgIpc) is 3.03. The van der Waals surface area contributed by atoms with Gasteiger partial charge in [0.25, 0.3) is 5.91 Å². The lowest BCUT2D eigenvalue weighted by atomic mass is 10.0. The van der Waals surface area contributed by atoms with Gasteiger partial charge in [0.15, 0.2) is 0 Å². The van der Waals surface area contributed by atoms with Gasteiger partial charge in [-0.1, -0.05) is 11.6 Å². The summed E-state index contributed by atoms with van der Waals surface area (Å²) in [5, 5.41) is 3.67. The van der Waals surface area contributed by atoms with Gasteiger partial charge in [-0.2, -0.15) is 0 Å². The summed E-state index contributed by atoms with van der Waals surface area (Å²) in [5.74, 6) is -1.96. The second-order valence-electron chi connectivity index (χ2n) is 6.01. The van der Waals surface area contributed by atoms with Gasteiger partial charge in [0.2, 0.25) is 0 Å². The fourth-order valence-corrected chi connectivity index (χ4v) is 3.44. The lowest BCUT2D eigenvalue weighted by Gasteiger charge is -2.13. The Morgan fingerprint density at radius 3 is 2.76 bits per heavy atom. The zero-order valence-electron chi connectivity index (χ0n) is 13.1. The van der Waals surface area contributed by atoms with Gasteiger partial charge < -0.3 is 5.32 Å². The van der Waals surface area contributed by atoms with Crippen LogP contribution in [0.4, 0.5) is 14.5 Å². The lowest BCUT2D eigenvalue weighted by Crippen LogP contribution is -2.16. The molecule has 0 bridgehead atoms. The molecule has 0 radical (unpaired) electrons. The van der Waals surface area contributed by atoms with Crippen molar-refractivity contribution in [1.29, 1.82) is 0 Å². The first kappa shape index (κ1) is 16.0. The van der Waals surface area contributed by atoms with Crippen LogP contribution in [0.1, 0.15) is 28.0 Å². The first-order valence-electron chi connectivity index (χ1n) is 7.90. The largest absolute Gasteiger partial charge is 0.319 e. The molecule has 126 valence electrons. The Bertz CT molecular complexity index is 1020. The molecule has 0 unspecified atom stereocenters. The van der Waals surface area contributed by atoms with E-state index in [9.17, 15) is 13.6 Å². The van der Waals surface area contributed by atoms with Crippen molar-refractivity contribution in [2.75, 3.05) is 5.32 Å². The number of aromatic nitrogens is 1. The fourth-order valence-electron chi connectivity index (χ4n) is 3.27. The third-order valence-electron chi connectivity index (χ3n) is 4.38. The van der Waals surface area contributed by atoms with Crippen molar-refractivity contribution in [2.45, 2.75) is 19.3 Å². The molecule has 1 N–H and O–H groups in total. The van der Waals surface area contributed by atoms with E-state index < -0.39 is 17.5 Å². The predicted octanol–water partition coefficient (Wildman–Crippen LogP) is 4.91. The third kappa shape index (κ3) is 2.85. The van der Waals surface area contributed by atoms with Gasteiger partial charge in [0, 0.05) is 22.2 Å². The highest BCUT2D eigenvalue weighted by atomic mass is 35.5. The van der Waals surface area contributed by atoms with E-state index in [1.165, 1.54) is 6.07 Å². The first-order valence-corrected chi connectivity index (χ1v) is 8.28. The number of amides is 1. The van der Waals surface area contributed by atoms with Crippen LogP contribution in [0.25, 0.3) is 10.9 Å². The molecule has 6 heteroatoms. The molecular weight excluding hydrogens is 346 g/mol. The van der Waals surface area contributed by atoms with Crippen molar-refractivity contribution in [3.63, 3.8) is 0 Å². The molecule has 1 amide bonds. The van der Waals surface area contributed by atoms with Crippen LogP contribution in [-0.2, 0) is 12.8 Å². The number of carbonyl (C=O) groups is 1. The molecule has 1 aromatic heterocycles. The Morgan fingerprint density at radius 1 is 1.12 bits per heavy atom. The van der Waals surface area contributed by atoms with Crippen LogP contribution >= 0.6 is 11.6 Å². The Hall–Kier alpha value is -2.53. The predicted molar refractivity (Wildman–Crippen MR) is 93.1 cm³/mol. The maximum Gasteiger partial charge on any atom is 0.256 e. The number of hydrogen-bond acceptors (Lipinski definition) is 2. The van der Waals surface area contributed by atoms with Gasteiger partial charge >= 0.3 is 0 Å². The Balaban J connectivity index is 1.84. The minimum Gasteiger partial charge on any atom is -0.319 e. The number of rotatable bonds is 2. The normalized spacial score (nSPS) is 13.1. The molecule has 0 aliphatic heterocycles. The molecule has 1 aliphatic rings. The quantitative estimate of drug-likeness (QED) is 0.707. The van der Waals surface area contributed by atoms with Crippen molar-refractivity contribution in [3.05, 3.63) is 69.9 Å². The number of halogens is 3. The maximum absolute atomic E-state index is 13.9. The number of anilines is 1. The standard InChI is InChI=1S/C19H13ClF2N2O/c20-10-4-6-16-13(8-10)18(12-2-1-3-15(12)23-16)19(25)24-17-7-5-11(21)9-14(17)22/h4-9H,1-3H2,(H,24,25). The van der Waals surface area contributed by atoms with Crippen molar-refractivity contribution in [1.82, 2.24) is 4.98 Å². The summed E-state index contributed by atoms with van der Waals surface area (Å²) < 4.78 is 27.0. The minimum absolute atomic E-state index is 0.0647. The second-order valence-corrected chi connectivity index (χ2v) is 6.44. The molecule has 0 saturated heterocycles. The number of fused-ring (bicyclic) bond motifs is 2. The van der Waals surface area contributed by atoms with Crippen LogP contribution in [0.15, 0.2) is 36.4 Å². The number of carbonyl (C=O) groups excluding carboxylic acids is 1. The Kier molecular flexibility index (Phi) is 3.88. The summed E-state index contributed by atoms with van der Waals surface area (Å²) >= 11 is 6.09. The number of hydrogen-bond donors (Lipinski definition) is 1. The molecule has 0 atom stereocenters. The summed E-state index contributed by atoms with van der Waals surface area (Å²) in [5.41, 5.74) is 2.83. The van der Waals surface area contributed by atoms with Crippen molar-refractivity contribution in [2.24, 2.45) is 0 Å². The topological polar surface area (TPSA) is 42.0 Å². The van der Waals surface area contributed by atoms with Gasteiger partial charge in [-0.15, -0.1) is 0 Å². The zero-order valence-corrected chi connectivity index (χ0v) is 13.8. The molecule has 25 heavy (non-hydrogen) atoms. The Labute approximate surface area is 147 Å². The molecule has 0 fully saturated rings. The maximum atomic E-state index is 13.9. The number of pyridine rings is 1. The summed E-state index contributed by atoms with van der Waals surface area (Å²) in [7, 11) is 0. The van der Waals surface area contributed by atoms with E-state index in [1.54, 1.807) is 18.2 Å². The number of nitrogens with one attached hydrogen (secondary N) is 1. The number of aryl methyl sites for hydroxylation is 1. The van der Waals surface area contributed by atoms with Crippen molar-refractivity contribution < 1.29 is 13.6 Å². The van der Waals surface area contributed by atoms with Crippen molar-refractivity contribution >= 4 is 34.1 Å². The van der Waals surface area contributed by atoms with Crippen LogP contribution < -0.4 is 5.32 Å². The van der Waals surface area contributed by atoms with E-state index in [2.05, 4.69) is 10.3 Å². The lowest BCUT2D eigenvalue weighted by molar-refractivity contribution is 0.102. The molecule has 0 saturated carbocycles. The smallest absolute Gasteiger partial charge is 0.256 e. The Morgan fingerprint density at radius 2 is 1.96 bits per heavy atom. The first-order chi connectivity index (χ1) is 12.0. The van der Waals surface area contributed by atoms with Gasteiger partial charge in [0.05, 0.1) is 16.8 Å². The SMILES string of the molecule is O=C(Nc1ccc(F)cc1F)c1c2c(nc3ccc(Cl)cc13)CCC2. The number of nitrogens with zero attached hydrogens (tertiary/aromatic N) is 1. The minimum atomic E-state index is -0.818. The highest BCUT2D eigenvalue weighted by molar-refractivity contribution is 6.31. The van der Waals surface area contributed by atoms with Crippen molar-refractivity contribution in [3.8, 4) is 0 Å².